The molecule has 0 aliphatic rings. The van der Waals surface area contributed by atoms with E-state index in [-0.39, 0.29) is 0 Å². The molecule has 2 aromatic rings. The van der Waals surface area contributed by atoms with Crippen LogP contribution in [-0.2, 0) is 13.5 Å². The van der Waals surface area contributed by atoms with Crippen LogP contribution >= 0.6 is 11.6 Å². The summed E-state index contributed by atoms with van der Waals surface area (Å²) in [5.41, 5.74) is 2.51. The van der Waals surface area contributed by atoms with Crippen molar-refractivity contribution in [3.8, 4) is 0 Å². The highest BCUT2D eigenvalue weighted by molar-refractivity contribution is 6.30. The quantitative estimate of drug-likeness (QED) is 0.899. The largest absolute Gasteiger partial charge is 0.310 e. The molecule has 0 amide bonds. The third kappa shape index (κ3) is 3.59. The normalized spacial score (nSPS) is 12.6. The minimum Gasteiger partial charge on any atom is -0.310 e. The molecule has 1 aromatic carbocycles. The van der Waals surface area contributed by atoms with Gasteiger partial charge in [0, 0.05) is 24.3 Å². The summed E-state index contributed by atoms with van der Waals surface area (Å²) in [5, 5.41) is 8.43. The van der Waals surface area contributed by atoms with Crippen LogP contribution in [0.25, 0.3) is 0 Å². The Labute approximate surface area is 113 Å². The highest BCUT2D eigenvalue weighted by atomic mass is 35.5. The van der Waals surface area contributed by atoms with Gasteiger partial charge >= 0.3 is 0 Å². The van der Waals surface area contributed by atoms with E-state index in [1.165, 1.54) is 11.1 Å². The van der Waals surface area contributed by atoms with E-state index in [0.717, 1.165) is 18.0 Å². The Bertz CT molecular complexity index is 490. The standard InChI is InChI=1S/C14H18ClN3/c1-11(13-3-5-14(15)6-4-13)16-8-7-12-9-17-18(2)10-12/h3-6,9-11,16H,7-8H2,1-2H3. The number of aromatic nitrogens is 2. The van der Waals surface area contributed by atoms with Crippen molar-refractivity contribution in [2.75, 3.05) is 6.54 Å². The van der Waals surface area contributed by atoms with Crippen LogP contribution in [0.4, 0.5) is 0 Å². The van der Waals surface area contributed by atoms with E-state index >= 15 is 0 Å². The smallest absolute Gasteiger partial charge is 0.0522 e. The summed E-state index contributed by atoms with van der Waals surface area (Å²) in [7, 11) is 1.94. The Kier molecular flexibility index (Phi) is 4.39. The van der Waals surface area contributed by atoms with Gasteiger partial charge in [0.25, 0.3) is 0 Å². The van der Waals surface area contributed by atoms with Crippen LogP contribution in [0.3, 0.4) is 0 Å². The summed E-state index contributed by atoms with van der Waals surface area (Å²) in [6.07, 6.45) is 4.95. The number of nitrogens with one attached hydrogen (secondary N) is 1. The summed E-state index contributed by atoms with van der Waals surface area (Å²) in [6.45, 7) is 3.10. The second-order valence-corrected chi connectivity index (χ2v) is 4.94. The van der Waals surface area contributed by atoms with Crippen LogP contribution < -0.4 is 5.32 Å². The average Bonchev–Trinajstić information content (AvgIpc) is 2.76. The molecule has 1 atom stereocenters. The van der Waals surface area contributed by atoms with Gasteiger partial charge in [0.15, 0.2) is 0 Å². The van der Waals surface area contributed by atoms with Gasteiger partial charge in [-0.15, -0.1) is 0 Å². The number of hydrogen-bond acceptors (Lipinski definition) is 2. The molecule has 18 heavy (non-hydrogen) atoms. The first-order valence-electron chi connectivity index (χ1n) is 6.11. The van der Waals surface area contributed by atoms with Crippen molar-refractivity contribution in [1.82, 2.24) is 15.1 Å². The Morgan fingerprint density at radius 1 is 1.33 bits per heavy atom. The van der Waals surface area contributed by atoms with Crippen molar-refractivity contribution < 1.29 is 0 Å². The zero-order valence-corrected chi connectivity index (χ0v) is 11.5. The highest BCUT2D eigenvalue weighted by Crippen LogP contribution is 2.15. The predicted molar refractivity (Wildman–Crippen MR) is 74.8 cm³/mol. The van der Waals surface area contributed by atoms with Gasteiger partial charge in [-0.05, 0) is 43.1 Å². The van der Waals surface area contributed by atoms with Crippen molar-refractivity contribution in [2.24, 2.45) is 7.05 Å². The van der Waals surface area contributed by atoms with Crippen LogP contribution in [0.15, 0.2) is 36.7 Å². The third-order valence-electron chi connectivity index (χ3n) is 2.99. The van der Waals surface area contributed by atoms with Crippen molar-refractivity contribution >= 4 is 11.6 Å². The molecule has 4 heteroatoms. The Morgan fingerprint density at radius 3 is 2.67 bits per heavy atom. The van der Waals surface area contributed by atoms with E-state index in [4.69, 9.17) is 11.6 Å². The van der Waals surface area contributed by atoms with Crippen molar-refractivity contribution in [2.45, 2.75) is 19.4 Å². The maximum Gasteiger partial charge on any atom is 0.0522 e. The molecular weight excluding hydrogens is 246 g/mol. The summed E-state index contributed by atoms with van der Waals surface area (Å²) >= 11 is 5.87. The van der Waals surface area contributed by atoms with Crippen LogP contribution in [0.5, 0.6) is 0 Å². The number of rotatable bonds is 5. The lowest BCUT2D eigenvalue weighted by Gasteiger charge is -2.13. The first-order valence-corrected chi connectivity index (χ1v) is 6.49. The van der Waals surface area contributed by atoms with E-state index in [1.807, 2.05) is 30.1 Å². The molecule has 0 spiro atoms. The van der Waals surface area contributed by atoms with Crippen molar-refractivity contribution in [1.29, 1.82) is 0 Å². The molecule has 0 saturated heterocycles. The van der Waals surface area contributed by atoms with Gasteiger partial charge in [0.05, 0.1) is 6.20 Å². The third-order valence-corrected chi connectivity index (χ3v) is 3.24. The fraction of sp³-hybridized carbons (Fsp3) is 0.357. The molecule has 1 heterocycles. The van der Waals surface area contributed by atoms with E-state index in [0.29, 0.717) is 6.04 Å². The number of nitrogens with zero attached hydrogens (tertiary/aromatic N) is 2. The first-order chi connectivity index (χ1) is 8.65. The zero-order valence-electron chi connectivity index (χ0n) is 10.7. The molecule has 3 nitrogen and oxygen atoms in total. The topological polar surface area (TPSA) is 29.9 Å². The van der Waals surface area contributed by atoms with E-state index in [2.05, 4.69) is 35.7 Å². The monoisotopic (exact) mass is 263 g/mol. The summed E-state index contributed by atoms with van der Waals surface area (Å²) in [4.78, 5) is 0. The van der Waals surface area contributed by atoms with Gasteiger partial charge < -0.3 is 5.32 Å². The summed E-state index contributed by atoms with van der Waals surface area (Å²) < 4.78 is 1.83. The lowest BCUT2D eigenvalue weighted by atomic mass is 10.1. The highest BCUT2D eigenvalue weighted by Gasteiger charge is 2.04. The fourth-order valence-electron chi connectivity index (χ4n) is 1.90. The first kappa shape index (κ1) is 13.1. The molecule has 1 unspecified atom stereocenters. The van der Waals surface area contributed by atoms with E-state index in [1.54, 1.807) is 0 Å². The maximum absolute atomic E-state index is 5.87. The van der Waals surface area contributed by atoms with Crippen molar-refractivity contribution in [3.05, 3.63) is 52.8 Å². The molecule has 0 aliphatic carbocycles. The Balaban J connectivity index is 1.81. The van der Waals surface area contributed by atoms with Gasteiger partial charge in [-0.3, -0.25) is 4.68 Å². The lowest BCUT2D eigenvalue weighted by molar-refractivity contribution is 0.577. The molecule has 0 aliphatic heterocycles. The SMILES string of the molecule is CC(NCCc1cnn(C)c1)c1ccc(Cl)cc1. The Hall–Kier alpha value is -1.32. The number of hydrogen-bond donors (Lipinski definition) is 1. The number of halogens is 1. The predicted octanol–water partition coefficient (Wildman–Crippen LogP) is 2.97. The van der Waals surface area contributed by atoms with Gasteiger partial charge in [0.1, 0.15) is 0 Å². The molecule has 0 bridgehead atoms. The van der Waals surface area contributed by atoms with Gasteiger partial charge in [-0.2, -0.15) is 5.10 Å². The van der Waals surface area contributed by atoms with Crippen LogP contribution in [-0.4, -0.2) is 16.3 Å². The lowest BCUT2D eigenvalue weighted by Crippen LogP contribution is -2.21. The molecular formula is C14H18ClN3. The summed E-state index contributed by atoms with van der Waals surface area (Å²) in [6, 6.07) is 8.31. The molecule has 0 fully saturated rings. The minimum absolute atomic E-state index is 0.332. The van der Waals surface area contributed by atoms with Gasteiger partial charge in [-0.1, -0.05) is 23.7 Å². The minimum atomic E-state index is 0.332. The second-order valence-electron chi connectivity index (χ2n) is 4.50. The Morgan fingerprint density at radius 2 is 2.06 bits per heavy atom. The fourth-order valence-corrected chi connectivity index (χ4v) is 2.03. The number of aryl methyl sites for hydroxylation is 1. The van der Waals surface area contributed by atoms with E-state index in [9.17, 15) is 0 Å². The van der Waals surface area contributed by atoms with Crippen LogP contribution in [0.1, 0.15) is 24.1 Å². The number of benzene rings is 1. The van der Waals surface area contributed by atoms with Gasteiger partial charge in [0.2, 0.25) is 0 Å². The second kappa shape index (κ2) is 6.03. The van der Waals surface area contributed by atoms with E-state index < -0.39 is 0 Å². The molecule has 2 rings (SSSR count). The average molecular weight is 264 g/mol. The van der Waals surface area contributed by atoms with Crippen molar-refractivity contribution in [3.63, 3.8) is 0 Å². The zero-order chi connectivity index (χ0) is 13.0. The summed E-state index contributed by atoms with van der Waals surface area (Å²) in [5.74, 6) is 0. The molecule has 0 saturated carbocycles. The van der Waals surface area contributed by atoms with Crippen LogP contribution in [0, 0.1) is 0 Å². The molecule has 1 N–H and O–H groups in total. The van der Waals surface area contributed by atoms with Crippen LogP contribution in [0.2, 0.25) is 5.02 Å². The maximum atomic E-state index is 5.87. The van der Waals surface area contributed by atoms with Gasteiger partial charge in [-0.25, -0.2) is 0 Å². The molecule has 1 aromatic heterocycles. The molecule has 96 valence electrons. The molecule has 0 radical (unpaired) electrons.